The number of anilines is 1. The lowest BCUT2D eigenvalue weighted by Crippen LogP contribution is -2.49. The van der Waals surface area contributed by atoms with Gasteiger partial charge in [-0.05, 0) is 54.0 Å². The minimum Gasteiger partial charge on any atom is -0.453 e. The van der Waals surface area contributed by atoms with E-state index in [0.29, 0.717) is 17.8 Å². The first-order valence-corrected chi connectivity index (χ1v) is 16.4. The number of thiophene rings is 1. The molecule has 0 radical (unpaired) electrons. The first-order valence-electron chi connectivity index (χ1n) is 13.3. The van der Waals surface area contributed by atoms with Gasteiger partial charge >= 0.3 is 16.4 Å². The summed E-state index contributed by atoms with van der Waals surface area (Å²) in [5.74, 6) is -0.387. The monoisotopic (exact) mass is 626 g/mol. The molecule has 2 amide bonds. The molecule has 2 atom stereocenters. The molecule has 0 spiro atoms. The van der Waals surface area contributed by atoms with Gasteiger partial charge in [-0.15, -0.1) is 22.7 Å². The van der Waals surface area contributed by atoms with Crippen LogP contribution in [0.3, 0.4) is 0 Å². The van der Waals surface area contributed by atoms with Crippen LogP contribution in [-0.2, 0) is 36.9 Å². The van der Waals surface area contributed by atoms with Crippen LogP contribution in [0.1, 0.15) is 35.7 Å². The summed E-state index contributed by atoms with van der Waals surface area (Å²) in [7, 11) is -2.64. The molecule has 2 unspecified atom stereocenters. The van der Waals surface area contributed by atoms with Crippen LogP contribution in [0.2, 0.25) is 0 Å². The van der Waals surface area contributed by atoms with Crippen LogP contribution < -0.4 is 15.4 Å². The molecule has 42 heavy (non-hydrogen) atoms. The van der Waals surface area contributed by atoms with E-state index in [-0.39, 0.29) is 18.4 Å². The highest BCUT2D eigenvalue weighted by atomic mass is 32.2. The zero-order valence-corrected chi connectivity index (χ0v) is 25.1. The summed E-state index contributed by atoms with van der Waals surface area (Å²) in [5.41, 5.74) is 2.77. The molecule has 3 N–H and O–H groups in total. The van der Waals surface area contributed by atoms with Crippen LogP contribution in [0, 0.1) is 0 Å². The average Bonchev–Trinajstić information content (AvgIpc) is 3.39. The van der Waals surface area contributed by atoms with Gasteiger partial charge in [0.1, 0.15) is 11.0 Å². The molecule has 2 heterocycles. The predicted molar refractivity (Wildman–Crippen MR) is 163 cm³/mol. The molecule has 0 aliphatic heterocycles. The van der Waals surface area contributed by atoms with Gasteiger partial charge in [-0.2, -0.15) is 8.42 Å². The molecule has 2 aromatic carbocycles. The third-order valence-corrected chi connectivity index (χ3v) is 9.34. The number of thiazole rings is 1. The topological polar surface area (TPSA) is 136 Å². The molecule has 1 aliphatic carbocycles. The normalized spacial score (nSPS) is 14.5. The molecule has 10 nitrogen and oxygen atoms in total. The smallest absolute Gasteiger partial charge is 0.407 e. The fourth-order valence-electron chi connectivity index (χ4n) is 4.18. The van der Waals surface area contributed by atoms with Gasteiger partial charge in [0, 0.05) is 11.8 Å². The number of amides is 2. The van der Waals surface area contributed by atoms with Crippen LogP contribution >= 0.6 is 22.7 Å². The van der Waals surface area contributed by atoms with Gasteiger partial charge in [-0.3, -0.25) is 13.7 Å². The zero-order valence-electron chi connectivity index (χ0n) is 22.7. The molecule has 220 valence electrons. The van der Waals surface area contributed by atoms with Crippen molar-refractivity contribution in [3.8, 4) is 9.88 Å². The number of nitrogens with one attached hydrogen (secondary N) is 3. The van der Waals surface area contributed by atoms with Gasteiger partial charge in [0.05, 0.1) is 35.5 Å². The van der Waals surface area contributed by atoms with Crippen LogP contribution in [-0.4, -0.2) is 44.7 Å². The minimum absolute atomic E-state index is 0.247. The summed E-state index contributed by atoms with van der Waals surface area (Å²) in [4.78, 5) is 31.6. The van der Waals surface area contributed by atoms with Gasteiger partial charge in [0.25, 0.3) is 0 Å². The minimum atomic E-state index is -3.89. The third-order valence-electron chi connectivity index (χ3n) is 6.43. The van der Waals surface area contributed by atoms with Crippen molar-refractivity contribution >= 4 is 50.7 Å². The Bertz CT molecular complexity index is 1590. The maximum absolute atomic E-state index is 13.6. The average molecular weight is 627 g/mol. The molecule has 4 aromatic rings. The largest absolute Gasteiger partial charge is 0.453 e. The molecule has 1 saturated carbocycles. The van der Waals surface area contributed by atoms with E-state index in [9.17, 15) is 18.0 Å². The molecular formula is C29H30N4O6S3. The summed E-state index contributed by atoms with van der Waals surface area (Å²) in [6.07, 6.45) is 1.16. The lowest BCUT2D eigenvalue weighted by atomic mass is 10.0. The summed E-state index contributed by atoms with van der Waals surface area (Å²) >= 11 is 3.07. The number of alkyl carbamates (subject to hydrolysis) is 1. The molecule has 1 aliphatic rings. The summed E-state index contributed by atoms with van der Waals surface area (Å²) in [6.45, 7) is 0. The summed E-state index contributed by atoms with van der Waals surface area (Å²) < 4.78 is 36.6. The van der Waals surface area contributed by atoms with Crippen molar-refractivity contribution in [2.45, 2.75) is 43.9 Å². The molecule has 5 rings (SSSR count). The second-order valence-corrected chi connectivity index (χ2v) is 12.9. The second-order valence-electron chi connectivity index (χ2n) is 9.75. The maximum atomic E-state index is 13.6. The van der Waals surface area contributed by atoms with Gasteiger partial charge < -0.3 is 15.4 Å². The van der Waals surface area contributed by atoms with Crippen molar-refractivity contribution in [2.24, 2.45) is 0 Å². The lowest BCUT2D eigenvalue weighted by molar-refractivity contribution is -0.123. The van der Waals surface area contributed by atoms with E-state index >= 15 is 0 Å². The standard InChI is InChI=1S/C29H30N4O6S3/c1-38-29(35)32-24(17-19-6-3-2-4-7-19)27(34)30-23(25-18-41-28(31-25)26-8-5-15-40-26)16-20-9-11-21(12-10-20)33-42(36,37)39-22-13-14-22/h2-12,15,18,22-24,33H,13-14,16-17H2,1H3,(H,30,34)(H,32,35). The van der Waals surface area contributed by atoms with Crippen molar-refractivity contribution in [2.75, 3.05) is 11.8 Å². The SMILES string of the molecule is COC(=O)NC(Cc1ccccc1)C(=O)NC(Cc1ccc(NS(=O)(=O)OC2CC2)cc1)c1csc(-c2cccs2)n1. The number of ether oxygens (including phenoxy) is 1. The van der Waals surface area contributed by atoms with Crippen molar-refractivity contribution in [3.63, 3.8) is 0 Å². The van der Waals surface area contributed by atoms with Crippen molar-refractivity contribution in [1.29, 1.82) is 0 Å². The number of methoxy groups -OCH3 is 1. The molecular weight excluding hydrogens is 597 g/mol. The number of aromatic nitrogens is 1. The van der Waals surface area contributed by atoms with Crippen LogP contribution in [0.15, 0.2) is 77.5 Å². The lowest BCUT2D eigenvalue weighted by Gasteiger charge is -2.23. The molecule has 0 saturated heterocycles. The Labute approximate surface area is 252 Å². The maximum Gasteiger partial charge on any atom is 0.407 e. The Morgan fingerprint density at radius 3 is 2.36 bits per heavy atom. The first-order chi connectivity index (χ1) is 20.3. The zero-order chi connectivity index (χ0) is 29.5. The highest BCUT2D eigenvalue weighted by molar-refractivity contribution is 7.88. The van der Waals surface area contributed by atoms with E-state index in [1.807, 2.05) is 53.2 Å². The van der Waals surface area contributed by atoms with E-state index < -0.39 is 28.5 Å². The van der Waals surface area contributed by atoms with E-state index in [1.165, 1.54) is 18.4 Å². The van der Waals surface area contributed by atoms with E-state index in [2.05, 4.69) is 15.4 Å². The molecule has 1 fully saturated rings. The number of carbonyl (C=O) groups excluding carboxylic acids is 2. The summed E-state index contributed by atoms with van der Waals surface area (Å²) in [6, 6.07) is 18.8. The number of hydrogen-bond donors (Lipinski definition) is 3. The quantitative estimate of drug-likeness (QED) is 0.188. The van der Waals surface area contributed by atoms with Crippen molar-refractivity contribution in [1.82, 2.24) is 15.6 Å². The number of rotatable bonds is 13. The first kappa shape index (κ1) is 29.7. The van der Waals surface area contributed by atoms with E-state index in [0.717, 1.165) is 33.9 Å². The van der Waals surface area contributed by atoms with E-state index in [4.69, 9.17) is 13.9 Å². The number of hydrogen-bond acceptors (Lipinski definition) is 9. The Morgan fingerprint density at radius 1 is 0.952 bits per heavy atom. The van der Waals surface area contributed by atoms with Gasteiger partial charge in [-0.1, -0.05) is 48.5 Å². The van der Waals surface area contributed by atoms with Gasteiger partial charge in [0.2, 0.25) is 5.91 Å². The Morgan fingerprint density at radius 2 is 1.69 bits per heavy atom. The van der Waals surface area contributed by atoms with Gasteiger partial charge in [0.15, 0.2) is 0 Å². The summed E-state index contributed by atoms with van der Waals surface area (Å²) in [5, 5.41) is 10.5. The number of carbonyl (C=O) groups is 2. The van der Waals surface area contributed by atoms with Gasteiger partial charge in [-0.25, -0.2) is 9.78 Å². The van der Waals surface area contributed by atoms with Crippen LogP contribution in [0.4, 0.5) is 10.5 Å². The fourth-order valence-corrected chi connectivity index (χ4v) is 6.89. The molecule has 0 bridgehead atoms. The molecule has 13 heteroatoms. The third kappa shape index (κ3) is 8.38. The Kier molecular flexibility index (Phi) is 9.52. The van der Waals surface area contributed by atoms with Crippen LogP contribution in [0.5, 0.6) is 0 Å². The number of benzene rings is 2. The fraction of sp³-hybridized carbons (Fsp3) is 0.276. The number of nitrogens with zero attached hydrogens (tertiary/aromatic N) is 1. The van der Waals surface area contributed by atoms with Crippen LogP contribution in [0.25, 0.3) is 9.88 Å². The highest BCUT2D eigenvalue weighted by Gasteiger charge is 2.29. The predicted octanol–water partition coefficient (Wildman–Crippen LogP) is 5.07. The van der Waals surface area contributed by atoms with Crippen molar-refractivity contribution in [3.05, 3.63) is 94.3 Å². The second kappa shape index (κ2) is 13.5. The van der Waals surface area contributed by atoms with E-state index in [1.54, 1.807) is 35.6 Å². The Balaban J connectivity index is 1.35. The van der Waals surface area contributed by atoms with Crippen molar-refractivity contribution < 1.29 is 26.9 Å². The highest BCUT2D eigenvalue weighted by Crippen LogP contribution is 2.31. The molecule has 2 aromatic heterocycles. The Hall–Kier alpha value is -3.78.